The van der Waals surface area contributed by atoms with Gasteiger partial charge in [0.15, 0.2) is 5.96 Å². The number of hydrogen-bond acceptors (Lipinski definition) is 7. The van der Waals surface area contributed by atoms with E-state index in [9.17, 15) is 14.7 Å². The normalized spacial score (nSPS) is 30.2. The molecule has 0 aliphatic carbocycles. The number of carbonyl (C=O) groups excluding carboxylic acids is 1. The molecule has 2 heterocycles. The van der Waals surface area contributed by atoms with E-state index in [1.165, 1.54) is 0 Å². The maximum absolute atomic E-state index is 11.8. The lowest BCUT2D eigenvalue weighted by Gasteiger charge is -2.24. The SMILES string of the molecule is CCCCC(C(=O)O)[C@@H]1S[C@@H](CCCC(N)C(N)=O)[C@H]2N=C(N)N[C@H]21. The zero-order valence-electron chi connectivity index (χ0n) is 14.6. The third-order valence-corrected chi connectivity index (χ3v) is 6.79. The molecule has 2 rings (SSSR count). The van der Waals surface area contributed by atoms with Gasteiger partial charge in [0.2, 0.25) is 5.91 Å². The van der Waals surface area contributed by atoms with Gasteiger partial charge in [0.1, 0.15) is 0 Å². The van der Waals surface area contributed by atoms with Crippen molar-refractivity contribution in [3.8, 4) is 0 Å². The Kier molecular flexibility index (Phi) is 6.95. The lowest BCUT2D eigenvalue weighted by Crippen LogP contribution is -2.46. The largest absolute Gasteiger partial charge is 0.481 e. The first-order chi connectivity index (χ1) is 11.8. The number of unbranched alkanes of at least 4 members (excludes halogenated alkanes) is 1. The average molecular weight is 372 g/mol. The molecule has 8 nitrogen and oxygen atoms in total. The number of carbonyl (C=O) groups is 2. The van der Waals surface area contributed by atoms with Gasteiger partial charge in [0.25, 0.3) is 0 Å². The Morgan fingerprint density at radius 3 is 2.68 bits per heavy atom. The van der Waals surface area contributed by atoms with Crippen LogP contribution in [0.3, 0.4) is 0 Å². The quantitative estimate of drug-likeness (QED) is 0.361. The Morgan fingerprint density at radius 1 is 1.36 bits per heavy atom. The number of hydrogen-bond donors (Lipinski definition) is 5. The van der Waals surface area contributed by atoms with E-state index in [4.69, 9.17) is 17.2 Å². The van der Waals surface area contributed by atoms with Crippen molar-refractivity contribution in [2.45, 2.75) is 74.1 Å². The first kappa shape index (κ1) is 19.8. The molecule has 8 N–H and O–H groups in total. The number of fused-ring (bicyclic) bond motifs is 1. The Morgan fingerprint density at radius 2 is 2.08 bits per heavy atom. The second kappa shape index (κ2) is 8.75. The molecule has 0 aromatic carbocycles. The molecule has 2 aliphatic heterocycles. The second-order valence-electron chi connectivity index (χ2n) is 6.84. The molecule has 0 saturated carbocycles. The summed E-state index contributed by atoms with van der Waals surface area (Å²) in [7, 11) is 0. The van der Waals surface area contributed by atoms with Crippen molar-refractivity contribution in [1.29, 1.82) is 0 Å². The summed E-state index contributed by atoms with van der Waals surface area (Å²) >= 11 is 1.69. The Bertz CT molecular complexity index is 530. The van der Waals surface area contributed by atoms with E-state index in [1.807, 2.05) is 0 Å². The summed E-state index contributed by atoms with van der Waals surface area (Å²) in [5, 5.41) is 12.9. The van der Waals surface area contributed by atoms with Crippen LogP contribution in [-0.4, -0.2) is 51.6 Å². The van der Waals surface area contributed by atoms with Gasteiger partial charge in [-0.05, 0) is 19.3 Å². The Balaban J connectivity index is 2.02. The van der Waals surface area contributed by atoms with Crippen LogP contribution in [0.2, 0.25) is 0 Å². The number of nitrogens with two attached hydrogens (primary N) is 3. The summed E-state index contributed by atoms with van der Waals surface area (Å²) in [4.78, 5) is 27.3. The van der Waals surface area contributed by atoms with Crippen LogP contribution in [0.1, 0.15) is 45.4 Å². The molecule has 2 aliphatic rings. The minimum absolute atomic E-state index is 0.0247. The van der Waals surface area contributed by atoms with E-state index in [0.717, 1.165) is 25.7 Å². The van der Waals surface area contributed by atoms with Crippen molar-refractivity contribution >= 4 is 29.6 Å². The molecule has 1 saturated heterocycles. The smallest absolute Gasteiger partial charge is 0.307 e. The molecule has 1 fully saturated rings. The monoisotopic (exact) mass is 371 g/mol. The molecule has 0 spiro atoms. The predicted octanol–water partition coefficient (Wildman–Crippen LogP) is -0.000600. The summed E-state index contributed by atoms with van der Waals surface area (Å²) in [5.41, 5.74) is 16.7. The number of guanidine groups is 1. The minimum atomic E-state index is -0.756. The maximum Gasteiger partial charge on any atom is 0.307 e. The molecule has 0 radical (unpaired) electrons. The molecule has 2 unspecified atom stereocenters. The van der Waals surface area contributed by atoms with Crippen molar-refractivity contribution in [2.24, 2.45) is 28.1 Å². The van der Waals surface area contributed by atoms with Crippen LogP contribution in [0.15, 0.2) is 4.99 Å². The Hall–Kier alpha value is -1.48. The molecule has 142 valence electrons. The molecule has 0 aromatic rings. The lowest BCUT2D eigenvalue weighted by atomic mass is 9.89. The first-order valence-electron chi connectivity index (χ1n) is 8.88. The molecule has 0 bridgehead atoms. The van der Waals surface area contributed by atoms with Gasteiger partial charge in [-0.3, -0.25) is 9.59 Å². The van der Waals surface area contributed by atoms with Crippen LogP contribution in [-0.2, 0) is 9.59 Å². The lowest BCUT2D eigenvalue weighted by molar-refractivity contribution is -0.142. The van der Waals surface area contributed by atoms with E-state index in [0.29, 0.717) is 18.8 Å². The number of primary amides is 1. The van der Waals surface area contributed by atoms with Crippen molar-refractivity contribution in [2.75, 3.05) is 0 Å². The fraction of sp³-hybridized carbons (Fsp3) is 0.812. The number of thioether (sulfide) groups is 1. The number of carboxylic acid groups (broad SMARTS) is 1. The minimum Gasteiger partial charge on any atom is -0.481 e. The van der Waals surface area contributed by atoms with E-state index < -0.39 is 23.8 Å². The molecule has 25 heavy (non-hydrogen) atoms. The van der Waals surface area contributed by atoms with Gasteiger partial charge in [0.05, 0.1) is 24.0 Å². The number of nitrogens with one attached hydrogen (secondary N) is 1. The third-order valence-electron chi connectivity index (χ3n) is 4.99. The molecule has 1 amide bonds. The van der Waals surface area contributed by atoms with Crippen LogP contribution in [0.4, 0.5) is 0 Å². The maximum atomic E-state index is 11.8. The summed E-state index contributed by atoms with van der Waals surface area (Å²) in [5.74, 6) is -1.28. The third kappa shape index (κ3) is 4.78. The molecule has 9 heteroatoms. The van der Waals surface area contributed by atoms with Crippen molar-refractivity contribution in [3.63, 3.8) is 0 Å². The number of carboxylic acids is 1. The van der Waals surface area contributed by atoms with Crippen molar-refractivity contribution in [3.05, 3.63) is 0 Å². The number of aliphatic imine (C=N–C) groups is 1. The van der Waals surface area contributed by atoms with Crippen LogP contribution >= 0.6 is 11.8 Å². The number of aliphatic carboxylic acids is 1. The predicted molar refractivity (Wildman–Crippen MR) is 99.2 cm³/mol. The second-order valence-corrected chi connectivity index (χ2v) is 8.26. The summed E-state index contributed by atoms with van der Waals surface area (Å²) in [6.45, 7) is 2.06. The molecular weight excluding hydrogens is 342 g/mol. The zero-order valence-corrected chi connectivity index (χ0v) is 15.4. The van der Waals surface area contributed by atoms with E-state index in [1.54, 1.807) is 11.8 Å². The number of rotatable bonds is 10. The van der Waals surface area contributed by atoms with Gasteiger partial charge in [-0.15, -0.1) is 11.8 Å². The van der Waals surface area contributed by atoms with Crippen LogP contribution in [0.25, 0.3) is 0 Å². The number of nitrogens with zero attached hydrogens (tertiary/aromatic N) is 1. The number of amides is 1. The summed E-state index contributed by atoms with van der Waals surface area (Å²) < 4.78 is 0. The highest BCUT2D eigenvalue weighted by Gasteiger charge is 2.51. The van der Waals surface area contributed by atoms with Gasteiger partial charge in [-0.2, -0.15) is 0 Å². The van der Waals surface area contributed by atoms with Crippen LogP contribution < -0.4 is 22.5 Å². The standard InChI is InChI=1S/C16H29N5O3S/c1-2-3-5-8(15(23)24)13-12-11(20-16(19)21-12)10(25-13)7-4-6-9(17)14(18)22/h8-13H,2-7,17H2,1H3,(H2,18,22)(H,23,24)(H3,19,20,21)/t8?,9?,10-,11+,12+,13-/m0/s1. The van der Waals surface area contributed by atoms with Gasteiger partial charge in [-0.1, -0.05) is 26.2 Å². The highest BCUT2D eigenvalue weighted by molar-refractivity contribution is 8.01. The molecule has 6 atom stereocenters. The van der Waals surface area contributed by atoms with Gasteiger partial charge < -0.3 is 27.6 Å². The van der Waals surface area contributed by atoms with E-state index in [-0.39, 0.29) is 22.6 Å². The van der Waals surface area contributed by atoms with Crippen LogP contribution in [0.5, 0.6) is 0 Å². The fourth-order valence-electron chi connectivity index (χ4n) is 3.61. The van der Waals surface area contributed by atoms with Gasteiger partial charge >= 0.3 is 5.97 Å². The highest BCUT2D eigenvalue weighted by atomic mass is 32.2. The fourth-order valence-corrected chi connectivity index (χ4v) is 5.55. The van der Waals surface area contributed by atoms with Gasteiger partial charge in [-0.25, -0.2) is 4.99 Å². The summed E-state index contributed by atoms with van der Waals surface area (Å²) in [6.07, 6.45) is 4.60. The van der Waals surface area contributed by atoms with E-state index in [2.05, 4.69) is 17.2 Å². The highest BCUT2D eigenvalue weighted by Crippen LogP contribution is 2.45. The van der Waals surface area contributed by atoms with E-state index >= 15 is 0 Å². The first-order valence-corrected chi connectivity index (χ1v) is 9.82. The van der Waals surface area contributed by atoms with Gasteiger partial charge in [0, 0.05) is 10.5 Å². The Labute approximate surface area is 152 Å². The van der Waals surface area contributed by atoms with Crippen molar-refractivity contribution in [1.82, 2.24) is 5.32 Å². The molecule has 0 aromatic heterocycles. The molecular formula is C16H29N5O3S. The van der Waals surface area contributed by atoms with Crippen molar-refractivity contribution < 1.29 is 14.7 Å². The summed E-state index contributed by atoms with van der Waals surface area (Å²) in [6, 6.07) is -0.703. The van der Waals surface area contributed by atoms with Crippen LogP contribution in [0, 0.1) is 5.92 Å². The zero-order chi connectivity index (χ0) is 18.6. The topological polar surface area (TPSA) is 157 Å². The average Bonchev–Trinajstić information content (AvgIpc) is 3.06.